The van der Waals surface area contributed by atoms with Gasteiger partial charge in [-0.05, 0) is 24.7 Å². The topological polar surface area (TPSA) is 75.6 Å². The zero-order valence-electron chi connectivity index (χ0n) is 11.7. The summed E-state index contributed by atoms with van der Waals surface area (Å²) >= 11 is 0. The molecule has 2 rings (SSSR count). The van der Waals surface area contributed by atoms with Crippen molar-refractivity contribution in [1.29, 1.82) is 0 Å². The van der Waals surface area contributed by atoms with Crippen LogP contribution in [0.15, 0.2) is 12.7 Å². The van der Waals surface area contributed by atoms with Crippen molar-refractivity contribution in [1.82, 2.24) is 5.32 Å². The molecule has 0 unspecified atom stereocenters. The number of nitrogens with one attached hydrogen (secondary N) is 1. The van der Waals surface area contributed by atoms with Crippen LogP contribution in [-0.4, -0.2) is 29.8 Å². The predicted molar refractivity (Wildman–Crippen MR) is 74.3 cm³/mol. The quantitative estimate of drug-likeness (QED) is 0.777. The Morgan fingerprint density at radius 3 is 2.45 bits per heavy atom. The summed E-state index contributed by atoms with van der Waals surface area (Å²) in [5, 5.41) is 12.1. The molecule has 0 spiro atoms. The third-order valence-electron chi connectivity index (χ3n) is 4.59. The summed E-state index contributed by atoms with van der Waals surface area (Å²) in [4.78, 5) is 23.1. The minimum absolute atomic E-state index is 0.143. The lowest BCUT2D eigenvalue weighted by Gasteiger charge is -2.51. The Kier molecular flexibility index (Phi) is 5.04. The second kappa shape index (κ2) is 6.77. The summed E-state index contributed by atoms with van der Waals surface area (Å²) in [6.45, 7) is 3.62. The summed E-state index contributed by atoms with van der Waals surface area (Å²) in [5.74, 6) is -0.777. The van der Waals surface area contributed by atoms with Gasteiger partial charge in [0.25, 0.3) is 0 Å². The van der Waals surface area contributed by atoms with Crippen LogP contribution in [0.4, 0.5) is 4.79 Å². The van der Waals surface area contributed by atoms with Gasteiger partial charge in [0.05, 0.1) is 5.92 Å². The lowest BCUT2D eigenvalue weighted by atomic mass is 9.56. The number of carboxylic acids is 1. The van der Waals surface area contributed by atoms with Crippen molar-refractivity contribution < 1.29 is 19.4 Å². The first kappa shape index (κ1) is 14.9. The first-order chi connectivity index (χ1) is 9.65. The van der Waals surface area contributed by atoms with Gasteiger partial charge in [0.2, 0.25) is 0 Å². The fourth-order valence-corrected chi connectivity index (χ4v) is 3.67. The molecule has 2 saturated carbocycles. The molecule has 0 aromatic carbocycles. The van der Waals surface area contributed by atoms with Crippen LogP contribution in [0.3, 0.4) is 0 Å². The van der Waals surface area contributed by atoms with Crippen LogP contribution in [0.5, 0.6) is 0 Å². The van der Waals surface area contributed by atoms with E-state index in [1.54, 1.807) is 0 Å². The summed E-state index contributed by atoms with van der Waals surface area (Å²) in [6.07, 6.45) is 7.52. The molecule has 0 aliphatic heterocycles. The minimum Gasteiger partial charge on any atom is -0.481 e. The Balaban J connectivity index is 1.99. The lowest BCUT2D eigenvalue weighted by molar-refractivity contribution is -0.155. The van der Waals surface area contributed by atoms with Gasteiger partial charge in [-0.3, -0.25) is 4.79 Å². The van der Waals surface area contributed by atoms with Gasteiger partial charge in [0.15, 0.2) is 0 Å². The molecule has 20 heavy (non-hydrogen) atoms. The van der Waals surface area contributed by atoms with Gasteiger partial charge in [-0.25, -0.2) is 4.79 Å². The molecule has 0 heterocycles. The fraction of sp³-hybridized carbons (Fsp3) is 0.733. The molecular formula is C15H23NO4. The Morgan fingerprint density at radius 2 is 1.85 bits per heavy atom. The highest BCUT2D eigenvalue weighted by molar-refractivity contribution is 5.75. The van der Waals surface area contributed by atoms with E-state index >= 15 is 0 Å². The number of carboxylic acid groups (broad SMARTS) is 1. The first-order valence-corrected chi connectivity index (χ1v) is 7.42. The van der Waals surface area contributed by atoms with E-state index in [9.17, 15) is 14.7 Å². The van der Waals surface area contributed by atoms with Crippen molar-refractivity contribution in [2.24, 2.45) is 17.8 Å². The van der Waals surface area contributed by atoms with Gasteiger partial charge >= 0.3 is 12.1 Å². The number of rotatable bonds is 4. The Bertz CT molecular complexity index is 382. The molecule has 0 aromatic heterocycles. The maximum absolute atomic E-state index is 11.6. The summed E-state index contributed by atoms with van der Waals surface area (Å²) in [7, 11) is 0. The second-order valence-electron chi connectivity index (χ2n) is 5.74. The van der Waals surface area contributed by atoms with Crippen molar-refractivity contribution in [3.8, 4) is 0 Å². The molecule has 4 atom stereocenters. The summed E-state index contributed by atoms with van der Waals surface area (Å²) in [5.41, 5.74) is 0. The first-order valence-electron chi connectivity index (χ1n) is 7.42. The highest BCUT2D eigenvalue weighted by Crippen LogP contribution is 2.47. The molecule has 0 radical (unpaired) electrons. The normalized spacial score (nSPS) is 32.8. The maximum atomic E-state index is 11.6. The molecule has 112 valence electrons. The van der Waals surface area contributed by atoms with Crippen molar-refractivity contribution in [2.45, 2.75) is 44.6 Å². The molecule has 5 nitrogen and oxygen atoms in total. The summed E-state index contributed by atoms with van der Waals surface area (Å²) in [6, 6.07) is -0.284. The number of alkyl carbamates (subject to hydrolysis) is 1. The number of carbonyl (C=O) groups excluding carboxylic acids is 1. The Morgan fingerprint density at radius 1 is 1.20 bits per heavy atom. The number of ether oxygens (including phenoxy) is 1. The number of hydrogen-bond acceptors (Lipinski definition) is 3. The Hall–Kier alpha value is -1.52. The van der Waals surface area contributed by atoms with Crippen molar-refractivity contribution in [3.63, 3.8) is 0 Å². The number of carbonyl (C=O) groups is 2. The predicted octanol–water partition coefficient (Wildman–Crippen LogP) is 2.57. The van der Waals surface area contributed by atoms with Crippen LogP contribution in [0, 0.1) is 17.8 Å². The average Bonchev–Trinajstić information content (AvgIpc) is 2.37. The van der Waals surface area contributed by atoms with E-state index in [2.05, 4.69) is 11.9 Å². The largest absolute Gasteiger partial charge is 0.481 e. The number of aliphatic carboxylic acids is 1. The van der Waals surface area contributed by atoms with Crippen molar-refractivity contribution in [2.75, 3.05) is 6.61 Å². The van der Waals surface area contributed by atoms with Crippen LogP contribution in [0.25, 0.3) is 0 Å². The molecule has 2 aliphatic rings. The molecule has 2 N–H and O–H groups in total. The summed E-state index contributed by atoms with van der Waals surface area (Å²) < 4.78 is 4.90. The van der Waals surface area contributed by atoms with E-state index in [-0.39, 0.29) is 24.5 Å². The molecule has 2 aliphatic carbocycles. The molecule has 0 saturated heterocycles. The van der Waals surface area contributed by atoms with Gasteiger partial charge in [-0.1, -0.05) is 38.3 Å². The smallest absolute Gasteiger partial charge is 0.407 e. The number of amides is 1. The zero-order valence-corrected chi connectivity index (χ0v) is 11.7. The second-order valence-corrected chi connectivity index (χ2v) is 5.74. The van der Waals surface area contributed by atoms with Gasteiger partial charge in [0, 0.05) is 6.04 Å². The van der Waals surface area contributed by atoms with E-state index < -0.39 is 18.0 Å². The highest BCUT2D eigenvalue weighted by Gasteiger charge is 2.54. The van der Waals surface area contributed by atoms with E-state index in [1.165, 1.54) is 18.9 Å². The molecule has 2 fully saturated rings. The Labute approximate surface area is 119 Å². The van der Waals surface area contributed by atoms with Crippen molar-refractivity contribution >= 4 is 12.1 Å². The van der Waals surface area contributed by atoms with Gasteiger partial charge < -0.3 is 15.2 Å². The average molecular weight is 281 g/mol. The highest BCUT2D eigenvalue weighted by atomic mass is 16.5. The van der Waals surface area contributed by atoms with Crippen LogP contribution in [-0.2, 0) is 9.53 Å². The zero-order chi connectivity index (χ0) is 14.5. The fourth-order valence-electron chi connectivity index (χ4n) is 3.67. The molecule has 5 heteroatoms. The maximum Gasteiger partial charge on any atom is 0.407 e. The SMILES string of the molecule is C=CCOC(=O)N[C@H]1[C@@H]2CCCCCC[C@@H]2[C@@H]1C(=O)O. The van der Waals surface area contributed by atoms with E-state index in [4.69, 9.17) is 4.74 Å². The van der Waals surface area contributed by atoms with Gasteiger partial charge in [0.1, 0.15) is 6.61 Å². The van der Waals surface area contributed by atoms with Crippen LogP contribution in [0.1, 0.15) is 38.5 Å². The van der Waals surface area contributed by atoms with E-state index in [0.717, 1.165) is 25.7 Å². The van der Waals surface area contributed by atoms with Gasteiger partial charge in [-0.15, -0.1) is 0 Å². The van der Waals surface area contributed by atoms with E-state index in [1.807, 2.05) is 0 Å². The van der Waals surface area contributed by atoms with Crippen LogP contribution in [0.2, 0.25) is 0 Å². The number of fused-ring (bicyclic) bond motifs is 1. The monoisotopic (exact) mass is 281 g/mol. The molecule has 0 aromatic rings. The van der Waals surface area contributed by atoms with E-state index in [0.29, 0.717) is 0 Å². The number of hydrogen-bond donors (Lipinski definition) is 2. The standard InChI is InChI=1S/C15H23NO4/c1-2-9-20-15(19)16-13-11-8-6-4-3-5-7-10(11)12(13)14(17)18/h2,10-13H,1,3-9H2,(H,16,19)(H,17,18)/t10-,11+,12-,13-/m0/s1. The van der Waals surface area contributed by atoms with Crippen LogP contribution >= 0.6 is 0 Å². The third-order valence-corrected chi connectivity index (χ3v) is 4.59. The molecular weight excluding hydrogens is 258 g/mol. The van der Waals surface area contributed by atoms with Gasteiger partial charge in [-0.2, -0.15) is 0 Å². The molecule has 1 amide bonds. The van der Waals surface area contributed by atoms with Crippen LogP contribution < -0.4 is 5.32 Å². The lowest BCUT2D eigenvalue weighted by Crippen LogP contribution is -2.62. The third kappa shape index (κ3) is 3.14. The molecule has 0 bridgehead atoms. The minimum atomic E-state index is -0.805. The van der Waals surface area contributed by atoms with Crippen molar-refractivity contribution in [3.05, 3.63) is 12.7 Å².